The number of carbonyl (C=O) groups is 1. The maximum absolute atomic E-state index is 12.4. The van der Waals surface area contributed by atoms with Crippen molar-refractivity contribution in [2.75, 3.05) is 0 Å². The molecule has 0 spiro atoms. The van der Waals surface area contributed by atoms with Gasteiger partial charge in [0.2, 0.25) is 5.91 Å². The number of ether oxygens (including phenoxy) is 1. The maximum atomic E-state index is 12.4. The van der Waals surface area contributed by atoms with Gasteiger partial charge in [0.05, 0.1) is 30.1 Å². The van der Waals surface area contributed by atoms with E-state index in [1.807, 2.05) is 18.3 Å². The van der Waals surface area contributed by atoms with Gasteiger partial charge in [-0.3, -0.25) is 4.79 Å². The number of nitrogens with one attached hydrogen (secondary N) is 1. The SMILES string of the molecule is CCC(CC)O[C@@H]1CCC=C(n2cc([C@]3(O)CCC4C5CCc6cc(O)ccc6C5CC[C@@]43C)nn2)[C@H]1NC(C)=O. The number of carbonyl (C=O) groups excluding carboxylic acids is 1. The number of rotatable bonds is 7. The minimum Gasteiger partial charge on any atom is -0.508 e. The summed E-state index contributed by atoms with van der Waals surface area (Å²) in [6, 6.07) is 5.57. The first kappa shape index (κ1) is 28.4. The summed E-state index contributed by atoms with van der Waals surface area (Å²) in [6.07, 6.45) is 13.2. The van der Waals surface area contributed by atoms with E-state index < -0.39 is 5.60 Å². The normalized spacial score (nSPS) is 34.5. The van der Waals surface area contributed by atoms with E-state index in [2.05, 4.69) is 48.5 Å². The average Bonchev–Trinajstić information content (AvgIpc) is 3.55. The molecule has 8 heteroatoms. The Kier molecular flexibility index (Phi) is 7.52. The van der Waals surface area contributed by atoms with Crippen LogP contribution in [0.3, 0.4) is 0 Å². The van der Waals surface area contributed by atoms with Crippen molar-refractivity contribution in [1.29, 1.82) is 0 Å². The zero-order valence-electron chi connectivity index (χ0n) is 25.0. The average molecular weight is 563 g/mol. The van der Waals surface area contributed by atoms with Crippen molar-refractivity contribution >= 4 is 11.6 Å². The van der Waals surface area contributed by atoms with Crippen LogP contribution in [0.1, 0.15) is 108 Å². The Bertz CT molecular complexity index is 1320. The summed E-state index contributed by atoms with van der Waals surface area (Å²) in [5, 5.41) is 34.7. The molecule has 0 bridgehead atoms. The van der Waals surface area contributed by atoms with Crippen molar-refractivity contribution in [2.45, 2.75) is 122 Å². The highest BCUT2D eigenvalue weighted by Crippen LogP contribution is 2.66. The highest BCUT2D eigenvalue weighted by atomic mass is 16.5. The van der Waals surface area contributed by atoms with Crippen molar-refractivity contribution < 1.29 is 19.7 Å². The number of fused-ring (bicyclic) bond motifs is 5. The quantitative estimate of drug-likeness (QED) is 0.415. The maximum Gasteiger partial charge on any atom is 0.217 e. The Labute approximate surface area is 243 Å². The van der Waals surface area contributed by atoms with Crippen LogP contribution >= 0.6 is 0 Å². The summed E-state index contributed by atoms with van der Waals surface area (Å²) < 4.78 is 8.24. The summed E-state index contributed by atoms with van der Waals surface area (Å²) in [4.78, 5) is 12.2. The van der Waals surface area contributed by atoms with Crippen LogP contribution in [-0.2, 0) is 21.6 Å². The third kappa shape index (κ3) is 4.71. The number of aryl methyl sites for hydroxylation is 1. The topological polar surface area (TPSA) is 110 Å². The number of hydrogen-bond donors (Lipinski definition) is 3. The molecule has 3 unspecified atom stereocenters. The molecule has 3 N–H and O–H groups in total. The minimum absolute atomic E-state index is 0.105. The van der Waals surface area contributed by atoms with Gasteiger partial charge in [-0.25, -0.2) is 4.68 Å². The predicted molar refractivity (Wildman–Crippen MR) is 157 cm³/mol. The van der Waals surface area contributed by atoms with Crippen LogP contribution in [0.25, 0.3) is 5.70 Å². The number of nitrogens with zero attached hydrogens (tertiary/aromatic N) is 3. The second-order valence-corrected chi connectivity index (χ2v) is 13.2. The van der Waals surface area contributed by atoms with Gasteiger partial charge < -0.3 is 20.3 Å². The monoisotopic (exact) mass is 562 g/mol. The van der Waals surface area contributed by atoms with E-state index >= 15 is 0 Å². The Morgan fingerprint density at radius 1 is 1.20 bits per heavy atom. The standard InChI is InChI=1S/C33H46N4O4/c1-5-23(6-2)41-29-9-7-8-28(31(29)34-20(3)38)37-19-30(35-36-37)33(40)17-15-27-26-12-10-21-18-22(39)11-13-24(21)25(26)14-16-32(27,33)4/h8,11,13,18-19,23,25-27,29,31,39-40H,5-7,9-10,12,14-17H2,1-4H3,(H,34,38)/t25?,26?,27?,29-,31-,32+,33-/m1/s1. The number of aromatic nitrogens is 3. The molecule has 2 saturated carbocycles. The van der Waals surface area contributed by atoms with E-state index in [0.29, 0.717) is 35.6 Å². The molecule has 2 aromatic rings. The molecule has 8 nitrogen and oxygen atoms in total. The largest absolute Gasteiger partial charge is 0.508 e. The molecule has 4 aliphatic rings. The number of aromatic hydroxyl groups is 1. The number of phenolic OH excluding ortho intramolecular Hbond substituents is 1. The second-order valence-electron chi connectivity index (χ2n) is 13.2. The van der Waals surface area contributed by atoms with Gasteiger partial charge in [0.15, 0.2) is 0 Å². The number of hydrogen-bond acceptors (Lipinski definition) is 6. The molecule has 0 radical (unpaired) electrons. The lowest BCUT2D eigenvalue weighted by atomic mass is 9.53. The fraction of sp³-hybridized carbons (Fsp3) is 0.667. The molecule has 2 fully saturated rings. The van der Waals surface area contributed by atoms with Crippen LogP contribution in [0.4, 0.5) is 0 Å². The first-order valence-corrected chi connectivity index (χ1v) is 15.8. The number of amides is 1. The van der Waals surface area contributed by atoms with Crippen LogP contribution in [0.5, 0.6) is 5.75 Å². The number of phenols is 1. The molecule has 1 heterocycles. The Hall–Kier alpha value is -2.71. The molecule has 0 saturated heterocycles. The third-order valence-electron chi connectivity index (χ3n) is 11.2. The Balaban J connectivity index is 1.27. The van der Waals surface area contributed by atoms with E-state index in [9.17, 15) is 15.0 Å². The van der Waals surface area contributed by atoms with Crippen LogP contribution in [0.2, 0.25) is 0 Å². The molecule has 1 amide bonds. The zero-order chi connectivity index (χ0) is 28.9. The summed E-state index contributed by atoms with van der Waals surface area (Å²) in [7, 11) is 0. The molecule has 7 atom stereocenters. The Morgan fingerprint density at radius 3 is 2.76 bits per heavy atom. The van der Waals surface area contributed by atoms with Crippen molar-refractivity contribution in [2.24, 2.45) is 17.3 Å². The molecular weight excluding hydrogens is 516 g/mol. The van der Waals surface area contributed by atoms with Crippen molar-refractivity contribution in [3.8, 4) is 5.75 Å². The number of benzene rings is 1. The highest BCUT2D eigenvalue weighted by molar-refractivity contribution is 5.76. The lowest BCUT2D eigenvalue weighted by molar-refractivity contribution is -0.121. The highest BCUT2D eigenvalue weighted by Gasteiger charge is 2.63. The summed E-state index contributed by atoms with van der Waals surface area (Å²) >= 11 is 0. The van der Waals surface area contributed by atoms with Gasteiger partial charge in [-0.05, 0) is 105 Å². The Morgan fingerprint density at radius 2 is 2.00 bits per heavy atom. The van der Waals surface area contributed by atoms with Gasteiger partial charge in [-0.1, -0.05) is 38.1 Å². The van der Waals surface area contributed by atoms with Gasteiger partial charge in [-0.15, -0.1) is 5.10 Å². The fourth-order valence-electron chi connectivity index (χ4n) is 8.96. The summed E-state index contributed by atoms with van der Waals surface area (Å²) in [6.45, 7) is 8.07. The molecule has 41 heavy (non-hydrogen) atoms. The summed E-state index contributed by atoms with van der Waals surface area (Å²) in [5.41, 5.74) is 2.82. The molecule has 4 aliphatic carbocycles. The van der Waals surface area contributed by atoms with E-state index in [0.717, 1.165) is 63.5 Å². The second kappa shape index (κ2) is 10.8. The lowest BCUT2D eigenvalue weighted by Gasteiger charge is -2.52. The minimum atomic E-state index is -1.06. The smallest absolute Gasteiger partial charge is 0.217 e. The van der Waals surface area contributed by atoms with Crippen molar-refractivity contribution in [1.82, 2.24) is 20.3 Å². The third-order valence-corrected chi connectivity index (χ3v) is 11.2. The molecule has 6 rings (SSSR count). The predicted octanol–water partition coefficient (Wildman–Crippen LogP) is 5.44. The van der Waals surface area contributed by atoms with Crippen LogP contribution in [0, 0.1) is 17.3 Å². The van der Waals surface area contributed by atoms with E-state index in [1.54, 1.807) is 4.68 Å². The van der Waals surface area contributed by atoms with Crippen molar-refractivity contribution in [3.63, 3.8) is 0 Å². The number of aliphatic hydroxyl groups is 1. The van der Waals surface area contributed by atoms with Crippen LogP contribution in [0.15, 0.2) is 30.5 Å². The zero-order valence-corrected chi connectivity index (χ0v) is 25.0. The molecular formula is C33H46N4O4. The van der Waals surface area contributed by atoms with E-state index in [1.165, 1.54) is 18.1 Å². The van der Waals surface area contributed by atoms with Gasteiger partial charge in [0.25, 0.3) is 0 Å². The van der Waals surface area contributed by atoms with Gasteiger partial charge in [-0.2, -0.15) is 0 Å². The molecule has 0 aliphatic heterocycles. The van der Waals surface area contributed by atoms with Crippen molar-refractivity contribution in [3.05, 3.63) is 47.3 Å². The number of allylic oxidation sites excluding steroid dienone is 1. The lowest BCUT2D eigenvalue weighted by Crippen LogP contribution is -2.49. The van der Waals surface area contributed by atoms with Crippen LogP contribution < -0.4 is 5.32 Å². The van der Waals surface area contributed by atoms with Crippen LogP contribution in [-0.4, -0.2) is 49.4 Å². The summed E-state index contributed by atoms with van der Waals surface area (Å²) in [5.74, 6) is 1.64. The fourth-order valence-corrected chi connectivity index (χ4v) is 8.96. The van der Waals surface area contributed by atoms with E-state index in [-0.39, 0.29) is 29.6 Å². The molecule has 222 valence electrons. The first-order valence-electron chi connectivity index (χ1n) is 15.8. The first-order chi connectivity index (χ1) is 19.7. The van der Waals surface area contributed by atoms with Gasteiger partial charge in [0, 0.05) is 12.3 Å². The molecule has 1 aromatic carbocycles. The van der Waals surface area contributed by atoms with Gasteiger partial charge in [0.1, 0.15) is 17.0 Å². The molecule has 1 aromatic heterocycles. The van der Waals surface area contributed by atoms with Gasteiger partial charge >= 0.3 is 0 Å². The van der Waals surface area contributed by atoms with E-state index in [4.69, 9.17) is 4.74 Å².